The van der Waals surface area contributed by atoms with Crippen LogP contribution in [0.15, 0.2) is 34.5 Å². The van der Waals surface area contributed by atoms with Gasteiger partial charge in [0.1, 0.15) is 5.01 Å². The number of nitrogens with zero attached hydrogens (tertiary/aromatic N) is 2. The van der Waals surface area contributed by atoms with Gasteiger partial charge in [0.05, 0.1) is 23.9 Å². The van der Waals surface area contributed by atoms with Gasteiger partial charge < -0.3 is 0 Å². The number of thiazole rings is 1. The number of aromatic nitrogens is 1. The zero-order chi connectivity index (χ0) is 12.1. The van der Waals surface area contributed by atoms with E-state index in [4.69, 9.17) is 5.26 Å². The quantitative estimate of drug-likeness (QED) is 0.784. The monoisotopic (exact) mass is 260 g/mol. The third-order valence-electron chi connectivity index (χ3n) is 2.24. The molecule has 0 aliphatic heterocycles. The highest BCUT2D eigenvalue weighted by Crippen LogP contribution is 2.24. The Balaban J connectivity index is 1.93. The summed E-state index contributed by atoms with van der Waals surface area (Å²) in [6, 6.07) is 10.6. The highest BCUT2D eigenvalue weighted by atomic mass is 32.2. The van der Waals surface area contributed by atoms with Gasteiger partial charge >= 0.3 is 0 Å². The minimum atomic E-state index is 0.408. The third-order valence-corrected chi connectivity index (χ3v) is 4.35. The predicted molar refractivity (Wildman–Crippen MR) is 72.2 cm³/mol. The van der Waals surface area contributed by atoms with Crippen molar-refractivity contribution < 1.29 is 0 Å². The Kier molecular flexibility index (Phi) is 4.18. The summed E-state index contributed by atoms with van der Waals surface area (Å²) in [5.41, 5.74) is 2.16. The molecular formula is C13H12N2S2. The SMILES string of the molecule is Cc1ccc(SCc2nc(CC#N)cs2)cc1. The normalized spacial score (nSPS) is 10.1. The molecule has 0 saturated carbocycles. The number of aryl methyl sites for hydroxylation is 1. The number of hydrogen-bond donors (Lipinski definition) is 0. The Hall–Kier alpha value is -1.31. The van der Waals surface area contributed by atoms with Crippen molar-refractivity contribution in [1.82, 2.24) is 4.98 Å². The molecule has 0 aliphatic rings. The summed E-state index contributed by atoms with van der Waals surface area (Å²) in [7, 11) is 0. The summed E-state index contributed by atoms with van der Waals surface area (Å²) >= 11 is 3.41. The second kappa shape index (κ2) is 5.85. The summed E-state index contributed by atoms with van der Waals surface area (Å²) in [6.45, 7) is 2.09. The molecule has 0 bridgehead atoms. The van der Waals surface area contributed by atoms with Crippen LogP contribution in [0.5, 0.6) is 0 Å². The Bertz CT molecular complexity index is 523. The van der Waals surface area contributed by atoms with Crippen molar-refractivity contribution in [2.45, 2.75) is 24.0 Å². The molecule has 0 aliphatic carbocycles. The maximum absolute atomic E-state index is 8.57. The van der Waals surface area contributed by atoms with Crippen LogP contribution in [-0.2, 0) is 12.2 Å². The van der Waals surface area contributed by atoms with Crippen molar-refractivity contribution >= 4 is 23.1 Å². The fourth-order valence-corrected chi connectivity index (χ4v) is 3.07. The Morgan fingerprint density at radius 3 is 2.82 bits per heavy atom. The van der Waals surface area contributed by atoms with Crippen molar-refractivity contribution in [2.75, 3.05) is 0 Å². The van der Waals surface area contributed by atoms with E-state index in [1.165, 1.54) is 10.5 Å². The predicted octanol–water partition coefficient (Wildman–Crippen LogP) is 3.81. The van der Waals surface area contributed by atoms with Gasteiger partial charge in [-0.2, -0.15) is 5.26 Å². The summed E-state index contributed by atoms with van der Waals surface area (Å²) in [5, 5.41) is 11.6. The molecule has 0 saturated heterocycles. The molecule has 4 heteroatoms. The van der Waals surface area contributed by atoms with Gasteiger partial charge in [-0.3, -0.25) is 0 Å². The maximum Gasteiger partial charge on any atom is 0.103 e. The minimum absolute atomic E-state index is 0.408. The molecule has 86 valence electrons. The first-order valence-corrected chi connectivity index (χ1v) is 7.14. The van der Waals surface area contributed by atoms with Gasteiger partial charge in [-0.1, -0.05) is 17.7 Å². The van der Waals surface area contributed by atoms with Crippen LogP contribution >= 0.6 is 23.1 Å². The van der Waals surface area contributed by atoms with Crippen LogP contribution in [0.2, 0.25) is 0 Å². The van der Waals surface area contributed by atoms with E-state index in [2.05, 4.69) is 42.2 Å². The first-order chi connectivity index (χ1) is 8.28. The molecule has 1 aromatic heterocycles. The fourth-order valence-electron chi connectivity index (χ4n) is 1.36. The molecule has 1 heterocycles. The van der Waals surface area contributed by atoms with Crippen LogP contribution in [0.25, 0.3) is 0 Å². The van der Waals surface area contributed by atoms with Crippen molar-refractivity contribution in [3.63, 3.8) is 0 Å². The Morgan fingerprint density at radius 1 is 1.35 bits per heavy atom. The summed E-state index contributed by atoms with van der Waals surface area (Å²) in [4.78, 5) is 5.66. The van der Waals surface area contributed by atoms with E-state index in [0.29, 0.717) is 6.42 Å². The van der Waals surface area contributed by atoms with Crippen LogP contribution < -0.4 is 0 Å². The minimum Gasteiger partial charge on any atom is -0.244 e. The lowest BCUT2D eigenvalue weighted by atomic mass is 10.2. The molecule has 0 fully saturated rings. The topological polar surface area (TPSA) is 36.7 Å². The van der Waals surface area contributed by atoms with Crippen LogP contribution in [0.3, 0.4) is 0 Å². The lowest BCUT2D eigenvalue weighted by molar-refractivity contribution is 1.11. The average molecular weight is 260 g/mol. The Morgan fingerprint density at radius 2 is 2.12 bits per heavy atom. The molecule has 0 unspecified atom stereocenters. The number of rotatable bonds is 4. The standard InChI is InChI=1S/C13H12N2S2/c1-10-2-4-12(5-3-10)16-9-13-15-11(6-7-14)8-17-13/h2-5,8H,6,9H2,1H3. The summed E-state index contributed by atoms with van der Waals surface area (Å²) in [5.74, 6) is 0.874. The summed E-state index contributed by atoms with van der Waals surface area (Å²) < 4.78 is 0. The average Bonchev–Trinajstić information content (AvgIpc) is 2.77. The second-order valence-corrected chi connectivity index (χ2v) is 5.66. The van der Waals surface area contributed by atoms with Crippen molar-refractivity contribution in [2.24, 2.45) is 0 Å². The fraction of sp³-hybridized carbons (Fsp3) is 0.231. The van der Waals surface area contributed by atoms with Gasteiger partial charge in [-0.15, -0.1) is 23.1 Å². The molecule has 2 aromatic rings. The lowest BCUT2D eigenvalue weighted by Gasteiger charge is -1.99. The number of nitriles is 1. The molecule has 0 atom stereocenters. The highest BCUT2D eigenvalue weighted by molar-refractivity contribution is 7.98. The largest absolute Gasteiger partial charge is 0.244 e. The molecule has 2 nitrogen and oxygen atoms in total. The first-order valence-electron chi connectivity index (χ1n) is 5.27. The van der Waals surface area contributed by atoms with Crippen LogP contribution in [0.1, 0.15) is 16.3 Å². The van der Waals surface area contributed by atoms with E-state index < -0.39 is 0 Å². The zero-order valence-corrected chi connectivity index (χ0v) is 11.1. The highest BCUT2D eigenvalue weighted by Gasteiger charge is 2.02. The molecule has 0 N–H and O–H groups in total. The van der Waals surface area contributed by atoms with E-state index in [1.807, 2.05) is 5.38 Å². The van der Waals surface area contributed by atoms with Gasteiger partial charge in [0, 0.05) is 10.3 Å². The summed E-state index contributed by atoms with van der Waals surface area (Å²) in [6.07, 6.45) is 0.408. The third kappa shape index (κ3) is 3.58. The van der Waals surface area contributed by atoms with Gasteiger partial charge in [0.25, 0.3) is 0 Å². The van der Waals surface area contributed by atoms with Gasteiger partial charge in [0.15, 0.2) is 0 Å². The van der Waals surface area contributed by atoms with Crippen molar-refractivity contribution in [3.05, 3.63) is 45.9 Å². The van der Waals surface area contributed by atoms with Gasteiger partial charge in [-0.05, 0) is 19.1 Å². The van der Waals surface area contributed by atoms with Crippen LogP contribution in [-0.4, -0.2) is 4.98 Å². The number of hydrogen-bond acceptors (Lipinski definition) is 4. The molecule has 1 aromatic carbocycles. The molecule has 0 radical (unpaired) electrons. The van der Waals surface area contributed by atoms with Crippen molar-refractivity contribution in [1.29, 1.82) is 5.26 Å². The molecule has 0 amide bonds. The second-order valence-electron chi connectivity index (χ2n) is 3.67. The van der Waals surface area contributed by atoms with Crippen LogP contribution in [0.4, 0.5) is 0 Å². The van der Waals surface area contributed by atoms with E-state index in [1.54, 1.807) is 23.1 Å². The molecule has 17 heavy (non-hydrogen) atoms. The lowest BCUT2D eigenvalue weighted by Crippen LogP contribution is -1.83. The van der Waals surface area contributed by atoms with E-state index in [9.17, 15) is 0 Å². The van der Waals surface area contributed by atoms with Crippen molar-refractivity contribution in [3.8, 4) is 6.07 Å². The maximum atomic E-state index is 8.57. The van der Waals surface area contributed by atoms with Gasteiger partial charge in [-0.25, -0.2) is 4.98 Å². The first kappa shape index (κ1) is 12.2. The smallest absolute Gasteiger partial charge is 0.103 e. The number of benzene rings is 1. The Labute approximate surface area is 109 Å². The number of thioether (sulfide) groups is 1. The van der Waals surface area contributed by atoms with Crippen LogP contribution in [0, 0.1) is 18.3 Å². The van der Waals surface area contributed by atoms with E-state index in [0.717, 1.165) is 16.5 Å². The van der Waals surface area contributed by atoms with Gasteiger partial charge in [0.2, 0.25) is 0 Å². The van der Waals surface area contributed by atoms with E-state index >= 15 is 0 Å². The molecule has 0 spiro atoms. The van der Waals surface area contributed by atoms with E-state index in [-0.39, 0.29) is 0 Å². The molecular weight excluding hydrogens is 248 g/mol. The molecule has 2 rings (SSSR count). The zero-order valence-electron chi connectivity index (χ0n) is 9.51.